The molecule has 1 rings (SSSR count). The molecule has 1 atom stereocenters. The summed E-state index contributed by atoms with van der Waals surface area (Å²) in [5.41, 5.74) is 4.90. The van der Waals surface area contributed by atoms with Crippen molar-refractivity contribution in [2.75, 3.05) is 26.2 Å². The van der Waals surface area contributed by atoms with Crippen LogP contribution in [0.15, 0.2) is 0 Å². The summed E-state index contributed by atoms with van der Waals surface area (Å²) < 4.78 is 11.2. The third kappa shape index (κ3) is 4.14. The topological polar surface area (TPSA) is 64.8 Å². The molecule has 0 bridgehead atoms. The zero-order chi connectivity index (χ0) is 13.8. The van der Waals surface area contributed by atoms with E-state index in [1.54, 1.807) is 4.90 Å². The SMILES string of the molecule is CCOC1(CCN)CCN(C(=O)OC(C)(C)C)C1. The highest BCUT2D eigenvalue weighted by atomic mass is 16.6. The molecule has 1 heterocycles. The molecule has 5 heteroatoms. The van der Waals surface area contributed by atoms with Gasteiger partial charge in [0.1, 0.15) is 5.60 Å². The van der Waals surface area contributed by atoms with E-state index in [1.807, 2.05) is 27.7 Å². The molecule has 0 radical (unpaired) electrons. The lowest BCUT2D eigenvalue weighted by Crippen LogP contribution is -2.41. The van der Waals surface area contributed by atoms with E-state index in [2.05, 4.69) is 0 Å². The molecule has 0 saturated carbocycles. The maximum Gasteiger partial charge on any atom is 0.410 e. The molecule has 1 unspecified atom stereocenters. The Hall–Kier alpha value is -0.810. The number of amides is 1. The van der Waals surface area contributed by atoms with Gasteiger partial charge in [-0.15, -0.1) is 0 Å². The first kappa shape index (κ1) is 15.2. The predicted octanol–water partition coefficient (Wildman–Crippen LogP) is 1.75. The summed E-state index contributed by atoms with van der Waals surface area (Å²) in [5, 5.41) is 0. The van der Waals surface area contributed by atoms with E-state index >= 15 is 0 Å². The van der Waals surface area contributed by atoms with E-state index < -0.39 is 5.60 Å². The van der Waals surface area contributed by atoms with Crippen LogP contribution in [-0.4, -0.2) is 48.4 Å². The van der Waals surface area contributed by atoms with Gasteiger partial charge in [0.25, 0.3) is 0 Å². The van der Waals surface area contributed by atoms with Crippen LogP contribution in [0.4, 0.5) is 4.79 Å². The van der Waals surface area contributed by atoms with Gasteiger partial charge in [0.15, 0.2) is 0 Å². The maximum atomic E-state index is 12.0. The molecule has 0 aromatic carbocycles. The van der Waals surface area contributed by atoms with Crippen LogP contribution in [0.3, 0.4) is 0 Å². The summed E-state index contributed by atoms with van der Waals surface area (Å²) in [6.07, 6.45) is 1.35. The fourth-order valence-corrected chi connectivity index (χ4v) is 2.29. The van der Waals surface area contributed by atoms with Crippen LogP contribution >= 0.6 is 0 Å². The molecule has 106 valence electrons. The summed E-state index contributed by atoms with van der Waals surface area (Å²) in [7, 11) is 0. The Balaban J connectivity index is 2.60. The number of nitrogens with zero attached hydrogens (tertiary/aromatic N) is 1. The zero-order valence-electron chi connectivity index (χ0n) is 12.0. The monoisotopic (exact) mass is 258 g/mol. The van der Waals surface area contributed by atoms with Crippen molar-refractivity contribution in [3.8, 4) is 0 Å². The smallest absolute Gasteiger partial charge is 0.410 e. The van der Waals surface area contributed by atoms with Gasteiger partial charge in [-0.05, 0) is 47.1 Å². The summed E-state index contributed by atoms with van der Waals surface area (Å²) in [6, 6.07) is 0. The van der Waals surface area contributed by atoms with Gasteiger partial charge in [-0.2, -0.15) is 0 Å². The van der Waals surface area contributed by atoms with Crippen molar-refractivity contribution < 1.29 is 14.3 Å². The zero-order valence-corrected chi connectivity index (χ0v) is 12.0. The third-order valence-corrected chi connectivity index (χ3v) is 3.02. The molecule has 0 aliphatic carbocycles. The molecule has 1 amide bonds. The van der Waals surface area contributed by atoms with E-state index in [0.29, 0.717) is 26.2 Å². The first-order valence-electron chi connectivity index (χ1n) is 6.64. The van der Waals surface area contributed by atoms with Gasteiger partial charge in [-0.3, -0.25) is 0 Å². The van der Waals surface area contributed by atoms with Crippen LogP contribution in [0, 0.1) is 0 Å². The molecular weight excluding hydrogens is 232 g/mol. The van der Waals surface area contributed by atoms with Gasteiger partial charge in [-0.25, -0.2) is 4.79 Å². The number of ether oxygens (including phenoxy) is 2. The average Bonchev–Trinajstić information content (AvgIpc) is 2.61. The second-order valence-corrected chi connectivity index (χ2v) is 5.81. The highest BCUT2D eigenvalue weighted by molar-refractivity contribution is 5.68. The van der Waals surface area contributed by atoms with E-state index in [9.17, 15) is 4.79 Å². The molecule has 0 spiro atoms. The number of carbonyl (C=O) groups is 1. The fraction of sp³-hybridized carbons (Fsp3) is 0.923. The lowest BCUT2D eigenvalue weighted by Gasteiger charge is -2.29. The molecule has 2 N–H and O–H groups in total. The van der Waals surface area contributed by atoms with Crippen LogP contribution in [0.2, 0.25) is 0 Å². The first-order valence-corrected chi connectivity index (χ1v) is 6.64. The van der Waals surface area contributed by atoms with Crippen molar-refractivity contribution in [2.24, 2.45) is 5.73 Å². The lowest BCUT2D eigenvalue weighted by molar-refractivity contribution is -0.0379. The second-order valence-electron chi connectivity index (χ2n) is 5.81. The fourth-order valence-electron chi connectivity index (χ4n) is 2.29. The van der Waals surface area contributed by atoms with Gasteiger partial charge in [0.2, 0.25) is 0 Å². The van der Waals surface area contributed by atoms with Crippen LogP contribution in [0.1, 0.15) is 40.5 Å². The minimum Gasteiger partial charge on any atom is -0.444 e. The van der Waals surface area contributed by atoms with Crippen molar-refractivity contribution in [2.45, 2.75) is 51.7 Å². The Labute approximate surface area is 110 Å². The number of rotatable bonds is 4. The Morgan fingerprint density at radius 2 is 2.11 bits per heavy atom. The summed E-state index contributed by atoms with van der Waals surface area (Å²) in [5.74, 6) is 0. The van der Waals surface area contributed by atoms with E-state index in [1.165, 1.54) is 0 Å². The van der Waals surface area contributed by atoms with E-state index in [-0.39, 0.29) is 11.7 Å². The van der Waals surface area contributed by atoms with Crippen molar-refractivity contribution in [3.63, 3.8) is 0 Å². The summed E-state index contributed by atoms with van der Waals surface area (Å²) in [6.45, 7) is 10.0. The standard InChI is InChI=1S/C13H26N2O3/c1-5-17-13(6-8-14)7-9-15(10-13)11(16)18-12(2,3)4/h5-10,14H2,1-4H3. The highest BCUT2D eigenvalue weighted by Crippen LogP contribution is 2.29. The number of hydrogen-bond acceptors (Lipinski definition) is 4. The van der Waals surface area contributed by atoms with Crippen molar-refractivity contribution in [3.05, 3.63) is 0 Å². The lowest BCUT2D eigenvalue weighted by atomic mass is 9.98. The van der Waals surface area contributed by atoms with E-state index in [4.69, 9.17) is 15.2 Å². The summed E-state index contributed by atoms with van der Waals surface area (Å²) in [4.78, 5) is 13.7. The number of hydrogen-bond donors (Lipinski definition) is 1. The molecule has 1 fully saturated rings. The normalized spacial score (nSPS) is 24.4. The van der Waals surface area contributed by atoms with Gasteiger partial charge < -0.3 is 20.1 Å². The highest BCUT2D eigenvalue weighted by Gasteiger charge is 2.41. The predicted molar refractivity (Wildman–Crippen MR) is 70.5 cm³/mol. The number of nitrogens with two attached hydrogens (primary N) is 1. The summed E-state index contributed by atoms with van der Waals surface area (Å²) >= 11 is 0. The van der Waals surface area contributed by atoms with Gasteiger partial charge in [0.05, 0.1) is 12.1 Å². The quantitative estimate of drug-likeness (QED) is 0.834. The minimum atomic E-state index is -0.457. The van der Waals surface area contributed by atoms with Crippen LogP contribution in [0.5, 0.6) is 0 Å². The van der Waals surface area contributed by atoms with Crippen molar-refractivity contribution in [1.82, 2.24) is 4.90 Å². The molecular formula is C13H26N2O3. The van der Waals surface area contributed by atoms with Crippen LogP contribution in [-0.2, 0) is 9.47 Å². The number of carbonyl (C=O) groups excluding carboxylic acids is 1. The van der Waals surface area contributed by atoms with Gasteiger partial charge >= 0.3 is 6.09 Å². The third-order valence-electron chi connectivity index (χ3n) is 3.02. The minimum absolute atomic E-state index is 0.263. The Morgan fingerprint density at radius 3 is 2.61 bits per heavy atom. The maximum absolute atomic E-state index is 12.0. The van der Waals surface area contributed by atoms with E-state index in [0.717, 1.165) is 12.8 Å². The average molecular weight is 258 g/mol. The van der Waals surface area contributed by atoms with Gasteiger partial charge in [-0.1, -0.05) is 0 Å². The van der Waals surface area contributed by atoms with Crippen molar-refractivity contribution >= 4 is 6.09 Å². The number of likely N-dealkylation sites (tertiary alicyclic amines) is 1. The molecule has 1 saturated heterocycles. The molecule has 1 aliphatic rings. The molecule has 0 aromatic heterocycles. The Morgan fingerprint density at radius 1 is 1.44 bits per heavy atom. The Bertz CT molecular complexity index is 280. The molecule has 5 nitrogen and oxygen atoms in total. The second kappa shape index (κ2) is 5.89. The van der Waals surface area contributed by atoms with Crippen molar-refractivity contribution in [1.29, 1.82) is 0 Å². The van der Waals surface area contributed by atoms with Crippen LogP contribution < -0.4 is 5.73 Å². The molecule has 0 aromatic rings. The molecule has 1 aliphatic heterocycles. The van der Waals surface area contributed by atoms with Gasteiger partial charge in [0, 0.05) is 13.2 Å². The van der Waals surface area contributed by atoms with Crippen LogP contribution in [0.25, 0.3) is 0 Å². The largest absolute Gasteiger partial charge is 0.444 e. The molecule has 18 heavy (non-hydrogen) atoms. The first-order chi connectivity index (χ1) is 8.32. The Kier molecular flexibility index (Phi) is 4.99.